The molecule has 0 bridgehead atoms. The molecule has 2 aliphatic heterocycles. The van der Waals surface area contributed by atoms with E-state index in [0.29, 0.717) is 0 Å². The largest absolute Gasteiger partial charge is 0.359 e. The first-order chi connectivity index (χ1) is 10.3. The van der Waals surface area contributed by atoms with Gasteiger partial charge in [0, 0.05) is 51.0 Å². The molecule has 0 unspecified atom stereocenters. The van der Waals surface area contributed by atoms with E-state index in [4.69, 9.17) is 0 Å². The van der Waals surface area contributed by atoms with E-state index in [-0.39, 0.29) is 0 Å². The Labute approximate surface area is 130 Å². The van der Waals surface area contributed by atoms with Gasteiger partial charge in [-0.1, -0.05) is 26.7 Å². The number of nitrogens with zero attached hydrogens (tertiary/aromatic N) is 4. The first kappa shape index (κ1) is 16.1. The van der Waals surface area contributed by atoms with Crippen molar-refractivity contribution >= 4 is 0 Å². The summed E-state index contributed by atoms with van der Waals surface area (Å²) in [5.74, 6) is 0. The van der Waals surface area contributed by atoms with Crippen LogP contribution in [-0.4, -0.2) is 59.1 Å². The zero-order valence-corrected chi connectivity index (χ0v) is 13.9. The maximum absolute atomic E-state index is 2.43. The van der Waals surface area contributed by atoms with E-state index in [0.717, 1.165) is 13.3 Å². The summed E-state index contributed by atoms with van der Waals surface area (Å²) in [4.78, 5) is 9.71. The summed E-state index contributed by atoms with van der Waals surface area (Å²) in [5.41, 5.74) is 0. The highest BCUT2D eigenvalue weighted by Crippen LogP contribution is 2.11. The molecule has 4 nitrogen and oxygen atoms in total. The van der Waals surface area contributed by atoms with Crippen molar-refractivity contribution in [3.05, 3.63) is 24.8 Å². The fourth-order valence-electron chi connectivity index (χ4n) is 2.81. The average molecular weight is 292 g/mol. The molecule has 0 aromatic rings. The first-order valence-corrected chi connectivity index (χ1v) is 8.64. The third kappa shape index (κ3) is 5.52. The van der Waals surface area contributed by atoms with Gasteiger partial charge >= 0.3 is 0 Å². The van der Waals surface area contributed by atoms with Crippen molar-refractivity contribution in [3.63, 3.8) is 0 Å². The zero-order valence-electron chi connectivity index (χ0n) is 13.9. The summed E-state index contributed by atoms with van der Waals surface area (Å²) in [6, 6.07) is 0. The molecule has 0 fully saturated rings. The van der Waals surface area contributed by atoms with E-state index in [1.165, 1.54) is 58.3 Å². The third-order valence-electron chi connectivity index (χ3n) is 4.19. The number of rotatable bonds is 10. The number of unbranched alkanes of at least 4 members (excludes halogenated alkanes) is 2. The molecule has 0 saturated carbocycles. The van der Waals surface area contributed by atoms with E-state index in [9.17, 15) is 0 Å². The molecule has 0 saturated heterocycles. The Kier molecular flexibility index (Phi) is 6.77. The molecule has 0 aromatic carbocycles. The Morgan fingerprint density at radius 2 is 0.905 bits per heavy atom. The minimum absolute atomic E-state index is 1.08. The van der Waals surface area contributed by atoms with Gasteiger partial charge in [0.25, 0.3) is 0 Å². The number of hydrogen-bond acceptors (Lipinski definition) is 4. The molecule has 4 heteroatoms. The van der Waals surface area contributed by atoms with Crippen molar-refractivity contribution in [3.8, 4) is 0 Å². The summed E-state index contributed by atoms with van der Waals surface area (Å²) < 4.78 is 0. The van der Waals surface area contributed by atoms with Gasteiger partial charge in [-0.3, -0.25) is 0 Å². The van der Waals surface area contributed by atoms with E-state index >= 15 is 0 Å². The molecule has 2 aliphatic rings. The molecule has 0 aromatic heterocycles. The van der Waals surface area contributed by atoms with Crippen molar-refractivity contribution < 1.29 is 0 Å². The van der Waals surface area contributed by atoms with Crippen LogP contribution in [0.15, 0.2) is 24.8 Å². The van der Waals surface area contributed by atoms with Crippen LogP contribution in [0, 0.1) is 0 Å². The highest BCUT2D eigenvalue weighted by Gasteiger charge is 2.13. The Bertz CT molecular complexity index is 308. The van der Waals surface area contributed by atoms with Crippen LogP contribution in [0.1, 0.15) is 46.0 Å². The molecule has 21 heavy (non-hydrogen) atoms. The van der Waals surface area contributed by atoms with Crippen LogP contribution in [0.3, 0.4) is 0 Å². The lowest BCUT2D eigenvalue weighted by Gasteiger charge is -2.24. The quantitative estimate of drug-likeness (QED) is 0.613. The molecule has 0 radical (unpaired) electrons. The Balaban J connectivity index is 1.53. The molecule has 2 heterocycles. The molecule has 2 rings (SSSR count). The van der Waals surface area contributed by atoms with Crippen LogP contribution >= 0.6 is 0 Å². The van der Waals surface area contributed by atoms with E-state index in [2.05, 4.69) is 58.2 Å². The van der Waals surface area contributed by atoms with Gasteiger partial charge in [0.2, 0.25) is 0 Å². The smallest absolute Gasteiger partial charge is 0.0893 e. The fourth-order valence-corrected chi connectivity index (χ4v) is 2.81. The Hall–Kier alpha value is -1.32. The molecule has 0 atom stereocenters. The second-order valence-corrected chi connectivity index (χ2v) is 6.19. The minimum Gasteiger partial charge on any atom is -0.359 e. The summed E-state index contributed by atoms with van der Waals surface area (Å²) in [5, 5.41) is 0. The maximum atomic E-state index is 2.43. The van der Waals surface area contributed by atoms with Gasteiger partial charge in [-0.25, -0.2) is 0 Å². The zero-order chi connectivity index (χ0) is 14.9. The van der Waals surface area contributed by atoms with Crippen LogP contribution in [0.4, 0.5) is 0 Å². The van der Waals surface area contributed by atoms with Crippen LogP contribution < -0.4 is 0 Å². The van der Waals surface area contributed by atoms with Gasteiger partial charge < -0.3 is 19.6 Å². The third-order valence-corrected chi connectivity index (χ3v) is 4.19. The molecular weight excluding hydrogens is 260 g/mol. The summed E-state index contributed by atoms with van der Waals surface area (Å²) in [6.45, 7) is 11.4. The topological polar surface area (TPSA) is 13.0 Å². The second-order valence-electron chi connectivity index (χ2n) is 6.19. The summed E-state index contributed by atoms with van der Waals surface area (Å²) >= 11 is 0. The highest BCUT2D eigenvalue weighted by atomic mass is 15.3. The van der Waals surface area contributed by atoms with Crippen molar-refractivity contribution in [1.29, 1.82) is 0 Å². The summed E-state index contributed by atoms with van der Waals surface area (Å²) in [6.07, 6.45) is 15.4. The summed E-state index contributed by atoms with van der Waals surface area (Å²) in [7, 11) is 0. The normalized spacial score (nSPS) is 17.6. The molecule has 0 amide bonds. The highest BCUT2D eigenvalue weighted by molar-refractivity contribution is 4.92. The predicted molar refractivity (Wildman–Crippen MR) is 89.3 cm³/mol. The van der Waals surface area contributed by atoms with Crippen molar-refractivity contribution in [2.45, 2.75) is 46.0 Å². The molecule has 0 spiro atoms. The SMILES string of the molecule is CCCCN1C=CN(CCCN2C=CN(CCCC)C2)C1. The van der Waals surface area contributed by atoms with Crippen LogP contribution in [0.5, 0.6) is 0 Å². The van der Waals surface area contributed by atoms with Crippen molar-refractivity contribution in [1.82, 2.24) is 19.6 Å². The molecular formula is C17H32N4. The standard InChI is InChI=1S/C17H32N4/c1-3-5-8-18-12-14-20(16-18)10-7-11-21-15-13-19(17-21)9-6-4-2/h12-15H,3-11,16-17H2,1-2H3. The van der Waals surface area contributed by atoms with Crippen LogP contribution in [0.2, 0.25) is 0 Å². The predicted octanol–water partition coefficient (Wildman–Crippen LogP) is 3.07. The van der Waals surface area contributed by atoms with Gasteiger partial charge in [0.1, 0.15) is 0 Å². The van der Waals surface area contributed by atoms with Gasteiger partial charge in [-0.15, -0.1) is 0 Å². The monoisotopic (exact) mass is 292 g/mol. The average Bonchev–Trinajstić information content (AvgIpc) is 3.12. The molecule has 0 N–H and O–H groups in total. The Morgan fingerprint density at radius 3 is 1.24 bits per heavy atom. The first-order valence-electron chi connectivity index (χ1n) is 8.64. The van der Waals surface area contributed by atoms with Crippen molar-refractivity contribution in [2.75, 3.05) is 39.5 Å². The maximum Gasteiger partial charge on any atom is 0.0893 e. The van der Waals surface area contributed by atoms with Gasteiger partial charge in [-0.05, 0) is 19.3 Å². The molecule has 120 valence electrons. The van der Waals surface area contributed by atoms with Crippen molar-refractivity contribution in [2.24, 2.45) is 0 Å². The van der Waals surface area contributed by atoms with Gasteiger partial charge in [-0.2, -0.15) is 0 Å². The second kappa shape index (κ2) is 8.85. The van der Waals surface area contributed by atoms with E-state index in [1.807, 2.05) is 0 Å². The van der Waals surface area contributed by atoms with Gasteiger partial charge in [0.15, 0.2) is 0 Å². The lowest BCUT2D eigenvalue weighted by Crippen LogP contribution is -2.30. The lowest BCUT2D eigenvalue weighted by atomic mass is 10.3. The van der Waals surface area contributed by atoms with Gasteiger partial charge in [0.05, 0.1) is 13.3 Å². The lowest BCUT2D eigenvalue weighted by molar-refractivity contribution is 0.231. The fraction of sp³-hybridized carbons (Fsp3) is 0.765. The van der Waals surface area contributed by atoms with Crippen LogP contribution in [0.25, 0.3) is 0 Å². The van der Waals surface area contributed by atoms with Crippen LogP contribution in [-0.2, 0) is 0 Å². The number of hydrogen-bond donors (Lipinski definition) is 0. The Morgan fingerprint density at radius 1 is 0.571 bits per heavy atom. The van der Waals surface area contributed by atoms with E-state index < -0.39 is 0 Å². The minimum atomic E-state index is 1.08. The van der Waals surface area contributed by atoms with E-state index in [1.54, 1.807) is 0 Å². The molecule has 0 aliphatic carbocycles.